The molecule has 3 rings (SSSR count). The van der Waals surface area contributed by atoms with Crippen LogP contribution in [0.3, 0.4) is 0 Å². The number of aliphatic hydroxyl groups excluding tert-OH is 3. The molecule has 0 aliphatic rings. The van der Waals surface area contributed by atoms with Gasteiger partial charge in [0.2, 0.25) is 0 Å². The van der Waals surface area contributed by atoms with Gasteiger partial charge in [-0.1, -0.05) is 30.3 Å². The quantitative estimate of drug-likeness (QED) is 0.384. The molecule has 1 heterocycles. The third kappa shape index (κ3) is 8.30. The van der Waals surface area contributed by atoms with Crippen molar-refractivity contribution < 1.29 is 40.2 Å². The van der Waals surface area contributed by atoms with Gasteiger partial charge < -0.3 is 20.1 Å². The molecule has 3 aromatic rings. The number of ether oxygens (including phenoxy) is 1. The molecule has 2 unspecified atom stereocenters. The monoisotopic (exact) mass is 588 g/mol. The van der Waals surface area contributed by atoms with Crippen LogP contribution in [0.25, 0.3) is 22.5 Å². The van der Waals surface area contributed by atoms with Gasteiger partial charge in [-0.25, -0.2) is 4.98 Å². The van der Waals surface area contributed by atoms with Crippen molar-refractivity contribution in [3.8, 4) is 28.3 Å². The van der Waals surface area contributed by atoms with Crippen molar-refractivity contribution in [3.05, 3.63) is 66.5 Å². The Morgan fingerprint density at radius 3 is 2.07 bits per heavy atom. The van der Waals surface area contributed by atoms with E-state index in [1.54, 1.807) is 33.4 Å². The fourth-order valence-corrected chi connectivity index (χ4v) is 2.63. The molecule has 163 valence electrons. The number of benzene rings is 2. The maximum atomic E-state index is 9.09. The average Bonchev–Trinajstić information content (AvgIpc) is 2.73. The molecule has 0 saturated carbocycles. The first-order valence-electron chi connectivity index (χ1n) is 9.37. The van der Waals surface area contributed by atoms with Crippen LogP contribution in [-0.2, 0) is 26.7 Å². The van der Waals surface area contributed by atoms with Crippen molar-refractivity contribution in [2.75, 3.05) is 7.11 Å². The standard InChI is InChI=1S/C18H15N2O2.C5H12O2.Ir/c1-22-16-8-6-15(7-9-16)18-10-17(19-12-20-18)14-4-2-13(11-21)3-5-14;1-4(6)3-5(2)7;/h2-6,8-10,12,21H,11H2,1H3;4-7H,3H2,1-2H3;/q-1;;. The molecule has 2 aromatic carbocycles. The minimum absolute atomic E-state index is 0. The van der Waals surface area contributed by atoms with Gasteiger partial charge in [0, 0.05) is 25.9 Å². The zero-order chi connectivity index (χ0) is 21.2. The predicted octanol–water partition coefficient (Wildman–Crippen LogP) is 3.25. The number of aromatic nitrogens is 2. The van der Waals surface area contributed by atoms with Gasteiger partial charge in [0.15, 0.2) is 0 Å². The Kier molecular flexibility index (Phi) is 11.4. The van der Waals surface area contributed by atoms with E-state index in [0.29, 0.717) is 6.42 Å². The number of hydrogen-bond donors (Lipinski definition) is 3. The molecule has 1 aromatic heterocycles. The van der Waals surface area contributed by atoms with Crippen molar-refractivity contribution in [1.82, 2.24) is 9.97 Å². The van der Waals surface area contributed by atoms with Crippen molar-refractivity contribution in [1.29, 1.82) is 0 Å². The molecular weight excluding hydrogens is 560 g/mol. The van der Waals surface area contributed by atoms with Crippen LogP contribution in [0.4, 0.5) is 0 Å². The Balaban J connectivity index is 0.000000489. The molecular formula is C23H27IrN2O4-. The number of hydrogen-bond acceptors (Lipinski definition) is 6. The zero-order valence-corrected chi connectivity index (χ0v) is 19.6. The SMILES string of the molecule is CC(O)CC(C)O.COc1c[c-]c(-c2cc(-c3ccc(CO)cc3)ncn2)cc1.[Ir]. The Hall–Kier alpha value is -2.15. The first-order valence-corrected chi connectivity index (χ1v) is 9.37. The van der Waals surface area contributed by atoms with Crippen molar-refractivity contribution in [2.24, 2.45) is 0 Å². The molecule has 0 fully saturated rings. The third-order valence-electron chi connectivity index (χ3n) is 4.08. The van der Waals surface area contributed by atoms with Gasteiger partial charge in [0.1, 0.15) is 6.33 Å². The summed E-state index contributed by atoms with van der Waals surface area (Å²) in [6.45, 7) is 3.36. The summed E-state index contributed by atoms with van der Waals surface area (Å²) in [6.07, 6.45) is 1.27. The third-order valence-corrected chi connectivity index (χ3v) is 4.08. The summed E-state index contributed by atoms with van der Waals surface area (Å²) in [5.74, 6) is 0.762. The van der Waals surface area contributed by atoms with E-state index >= 15 is 0 Å². The molecule has 0 amide bonds. The Morgan fingerprint density at radius 2 is 1.60 bits per heavy atom. The van der Waals surface area contributed by atoms with Crippen LogP contribution in [0.15, 0.2) is 54.9 Å². The summed E-state index contributed by atoms with van der Waals surface area (Å²) in [6, 6.07) is 18.3. The minimum Gasteiger partial charge on any atom is -0.540 e. The second-order valence-corrected chi connectivity index (χ2v) is 6.72. The first-order chi connectivity index (χ1) is 13.9. The molecule has 1 radical (unpaired) electrons. The van der Waals surface area contributed by atoms with Crippen LogP contribution in [0, 0.1) is 6.07 Å². The molecule has 0 bridgehead atoms. The smallest absolute Gasteiger partial charge is 0.106 e. The summed E-state index contributed by atoms with van der Waals surface area (Å²) in [7, 11) is 1.63. The van der Waals surface area contributed by atoms with E-state index in [0.717, 1.165) is 33.8 Å². The van der Waals surface area contributed by atoms with Gasteiger partial charge in [-0.3, -0.25) is 4.98 Å². The van der Waals surface area contributed by atoms with E-state index < -0.39 is 0 Å². The zero-order valence-electron chi connectivity index (χ0n) is 17.2. The van der Waals surface area contributed by atoms with E-state index in [1.165, 1.54) is 0 Å². The molecule has 30 heavy (non-hydrogen) atoms. The van der Waals surface area contributed by atoms with Gasteiger partial charge in [0.25, 0.3) is 0 Å². The molecule has 0 aliphatic carbocycles. The van der Waals surface area contributed by atoms with Gasteiger partial charge in [-0.05, 0) is 37.1 Å². The normalized spacial score (nSPS) is 12.1. The fraction of sp³-hybridized carbons (Fsp3) is 0.304. The van der Waals surface area contributed by atoms with E-state index in [-0.39, 0.29) is 38.9 Å². The van der Waals surface area contributed by atoms with Gasteiger partial charge in [0.05, 0.1) is 31.6 Å². The van der Waals surface area contributed by atoms with Gasteiger partial charge >= 0.3 is 0 Å². The number of rotatable bonds is 6. The van der Waals surface area contributed by atoms with Gasteiger partial charge in [-0.2, -0.15) is 0 Å². The second-order valence-electron chi connectivity index (χ2n) is 6.72. The summed E-state index contributed by atoms with van der Waals surface area (Å²) in [5, 5.41) is 26.2. The Morgan fingerprint density at radius 1 is 0.967 bits per heavy atom. The van der Waals surface area contributed by atoms with Crippen molar-refractivity contribution in [3.63, 3.8) is 0 Å². The molecule has 6 nitrogen and oxygen atoms in total. The summed E-state index contributed by atoms with van der Waals surface area (Å²) in [4.78, 5) is 8.61. The minimum atomic E-state index is -0.375. The van der Waals surface area contributed by atoms with Crippen LogP contribution >= 0.6 is 0 Å². The van der Waals surface area contributed by atoms with Gasteiger partial charge in [-0.15, -0.1) is 29.8 Å². The van der Waals surface area contributed by atoms with Crippen LogP contribution in [0.1, 0.15) is 25.8 Å². The topological polar surface area (TPSA) is 95.7 Å². The Labute approximate surface area is 191 Å². The van der Waals surface area contributed by atoms with Crippen molar-refractivity contribution in [2.45, 2.75) is 39.1 Å². The summed E-state index contributed by atoms with van der Waals surface area (Å²) >= 11 is 0. The predicted molar refractivity (Wildman–Crippen MR) is 112 cm³/mol. The number of methoxy groups -OCH3 is 1. The first kappa shape index (κ1) is 25.9. The largest absolute Gasteiger partial charge is 0.540 e. The van der Waals surface area contributed by atoms with Crippen LogP contribution in [0.5, 0.6) is 5.75 Å². The number of aliphatic hydroxyl groups is 3. The van der Waals surface area contributed by atoms with E-state index in [9.17, 15) is 0 Å². The van der Waals surface area contributed by atoms with E-state index in [4.69, 9.17) is 20.1 Å². The second kappa shape index (κ2) is 13.2. The van der Waals surface area contributed by atoms with Crippen LogP contribution < -0.4 is 4.74 Å². The molecule has 0 spiro atoms. The summed E-state index contributed by atoms with van der Waals surface area (Å²) < 4.78 is 5.14. The number of nitrogens with zero attached hydrogens (tertiary/aromatic N) is 2. The summed E-state index contributed by atoms with van der Waals surface area (Å²) in [5.41, 5.74) is 4.38. The maximum Gasteiger partial charge on any atom is 0.106 e. The molecule has 0 saturated heterocycles. The maximum absolute atomic E-state index is 9.09. The average molecular weight is 588 g/mol. The van der Waals surface area contributed by atoms with Crippen molar-refractivity contribution >= 4 is 0 Å². The Bertz CT molecular complexity index is 800. The van der Waals surface area contributed by atoms with Crippen LogP contribution in [-0.4, -0.2) is 44.6 Å². The molecule has 2 atom stereocenters. The van der Waals surface area contributed by atoms with E-state index in [1.807, 2.05) is 42.5 Å². The molecule has 0 aliphatic heterocycles. The molecule has 7 heteroatoms. The fourth-order valence-electron chi connectivity index (χ4n) is 2.63. The molecule has 3 N–H and O–H groups in total. The van der Waals surface area contributed by atoms with Crippen LogP contribution in [0.2, 0.25) is 0 Å². The van der Waals surface area contributed by atoms with E-state index in [2.05, 4.69) is 16.0 Å².